The molecule has 1 aromatic rings. The highest BCUT2D eigenvalue weighted by atomic mass is 32.2. The Balaban J connectivity index is 2.97. The number of rotatable bonds is 7. The van der Waals surface area contributed by atoms with E-state index >= 15 is 0 Å². The largest absolute Gasteiger partial charge is 0.480 e. The Bertz CT molecular complexity index is 623. The van der Waals surface area contributed by atoms with E-state index in [0.717, 1.165) is 0 Å². The SMILES string of the molecule is CSCCC(NS(=O)(=O)c1cccc(C#N)c1)C(=O)O. The van der Waals surface area contributed by atoms with E-state index in [0.29, 0.717) is 5.75 Å². The Kier molecular flexibility index (Phi) is 6.01. The van der Waals surface area contributed by atoms with Crippen molar-refractivity contribution < 1.29 is 18.3 Å². The molecule has 0 heterocycles. The number of thioether (sulfide) groups is 1. The van der Waals surface area contributed by atoms with Gasteiger partial charge in [-0.05, 0) is 36.6 Å². The number of carboxylic acid groups (broad SMARTS) is 1. The Morgan fingerprint density at radius 3 is 2.80 bits per heavy atom. The third-order valence-electron chi connectivity index (χ3n) is 2.48. The van der Waals surface area contributed by atoms with Gasteiger partial charge in [-0.1, -0.05) is 6.07 Å². The second-order valence-corrected chi connectivity index (χ2v) is 6.63. The van der Waals surface area contributed by atoms with Gasteiger partial charge in [-0.15, -0.1) is 0 Å². The van der Waals surface area contributed by atoms with Crippen LogP contribution in [0.5, 0.6) is 0 Å². The normalized spacial score (nSPS) is 12.6. The number of hydrogen-bond donors (Lipinski definition) is 2. The molecule has 20 heavy (non-hydrogen) atoms. The molecule has 8 heteroatoms. The molecule has 0 aliphatic rings. The average molecular weight is 314 g/mol. The lowest BCUT2D eigenvalue weighted by molar-refractivity contribution is -0.139. The van der Waals surface area contributed by atoms with E-state index in [1.807, 2.05) is 12.3 Å². The van der Waals surface area contributed by atoms with Crippen molar-refractivity contribution in [3.8, 4) is 6.07 Å². The molecule has 0 saturated carbocycles. The van der Waals surface area contributed by atoms with Gasteiger partial charge in [0, 0.05) is 0 Å². The van der Waals surface area contributed by atoms with Crippen LogP contribution in [0.25, 0.3) is 0 Å². The standard InChI is InChI=1S/C12H14N2O4S2/c1-19-6-5-11(12(15)16)14-20(17,18)10-4-2-3-9(7-10)8-13/h2-4,7,11,14H,5-6H2,1H3,(H,15,16). The lowest BCUT2D eigenvalue weighted by atomic mass is 10.2. The van der Waals surface area contributed by atoms with Crippen LogP contribution in [0, 0.1) is 11.3 Å². The van der Waals surface area contributed by atoms with Crippen LogP contribution in [0.15, 0.2) is 29.2 Å². The zero-order chi connectivity index (χ0) is 15.2. The van der Waals surface area contributed by atoms with Gasteiger partial charge in [0.1, 0.15) is 6.04 Å². The number of nitrogens with zero attached hydrogens (tertiary/aromatic N) is 1. The summed E-state index contributed by atoms with van der Waals surface area (Å²) in [6, 6.07) is 6.08. The van der Waals surface area contributed by atoms with E-state index in [-0.39, 0.29) is 16.9 Å². The molecular weight excluding hydrogens is 300 g/mol. The van der Waals surface area contributed by atoms with Gasteiger partial charge in [0.25, 0.3) is 0 Å². The molecule has 1 aromatic carbocycles. The van der Waals surface area contributed by atoms with Gasteiger partial charge in [-0.3, -0.25) is 4.79 Å². The van der Waals surface area contributed by atoms with Gasteiger partial charge < -0.3 is 5.11 Å². The van der Waals surface area contributed by atoms with Gasteiger partial charge in [0.05, 0.1) is 16.5 Å². The Labute approximate surface area is 121 Å². The van der Waals surface area contributed by atoms with E-state index in [9.17, 15) is 13.2 Å². The molecule has 0 fully saturated rings. The maximum absolute atomic E-state index is 12.1. The zero-order valence-electron chi connectivity index (χ0n) is 10.7. The maximum atomic E-state index is 12.1. The molecule has 0 bridgehead atoms. The molecule has 0 aliphatic carbocycles. The smallest absolute Gasteiger partial charge is 0.321 e. The minimum atomic E-state index is -3.96. The van der Waals surface area contributed by atoms with Crippen molar-refractivity contribution in [1.29, 1.82) is 5.26 Å². The third-order valence-corrected chi connectivity index (χ3v) is 4.59. The molecule has 6 nitrogen and oxygen atoms in total. The van der Waals surface area contributed by atoms with Crippen LogP contribution in [-0.2, 0) is 14.8 Å². The molecule has 0 spiro atoms. The predicted molar refractivity (Wildman–Crippen MR) is 75.9 cm³/mol. The highest BCUT2D eigenvalue weighted by molar-refractivity contribution is 7.98. The Morgan fingerprint density at radius 1 is 1.55 bits per heavy atom. The molecule has 108 valence electrons. The quantitative estimate of drug-likeness (QED) is 0.778. The van der Waals surface area contributed by atoms with Crippen LogP contribution in [0.3, 0.4) is 0 Å². The second kappa shape index (κ2) is 7.28. The number of sulfonamides is 1. The maximum Gasteiger partial charge on any atom is 0.321 e. The lowest BCUT2D eigenvalue weighted by Gasteiger charge is -2.14. The highest BCUT2D eigenvalue weighted by Crippen LogP contribution is 2.12. The monoisotopic (exact) mass is 314 g/mol. The number of nitrogens with one attached hydrogen (secondary N) is 1. The summed E-state index contributed by atoms with van der Waals surface area (Å²) in [6.07, 6.45) is 2.00. The molecule has 0 amide bonds. The molecule has 0 aromatic heterocycles. The molecule has 0 radical (unpaired) electrons. The van der Waals surface area contributed by atoms with E-state index in [4.69, 9.17) is 10.4 Å². The Hall–Kier alpha value is -1.56. The molecule has 1 unspecified atom stereocenters. The van der Waals surface area contributed by atoms with Crippen molar-refractivity contribution in [3.05, 3.63) is 29.8 Å². The third kappa shape index (κ3) is 4.52. The number of aliphatic carboxylic acids is 1. The van der Waals surface area contributed by atoms with E-state index in [1.54, 1.807) is 0 Å². The summed E-state index contributed by atoms with van der Waals surface area (Å²) in [5, 5.41) is 17.8. The van der Waals surface area contributed by atoms with Crippen LogP contribution in [0.2, 0.25) is 0 Å². The van der Waals surface area contributed by atoms with Crippen molar-refractivity contribution in [2.75, 3.05) is 12.0 Å². The number of hydrogen-bond acceptors (Lipinski definition) is 5. The van der Waals surface area contributed by atoms with Crippen molar-refractivity contribution >= 4 is 27.8 Å². The first-order chi connectivity index (χ1) is 9.40. The predicted octanol–water partition coefficient (Wildman–Crippen LogP) is 1.04. The van der Waals surface area contributed by atoms with Crippen LogP contribution in [0.4, 0.5) is 0 Å². The molecule has 1 rings (SSSR count). The first-order valence-electron chi connectivity index (χ1n) is 5.65. The summed E-state index contributed by atoms with van der Waals surface area (Å²) in [5.74, 6) is -0.698. The average Bonchev–Trinajstić information content (AvgIpc) is 2.43. The second-order valence-electron chi connectivity index (χ2n) is 3.93. The van der Waals surface area contributed by atoms with Crippen LogP contribution >= 0.6 is 11.8 Å². The summed E-state index contributed by atoms with van der Waals surface area (Å²) >= 11 is 1.43. The van der Waals surface area contributed by atoms with Gasteiger partial charge in [0.2, 0.25) is 10.0 Å². The minimum Gasteiger partial charge on any atom is -0.480 e. The summed E-state index contributed by atoms with van der Waals surface area (Å²) in [7, 11) is -3.96. The molecule has 1 atom stereocenters. The summed E-state index contributed by atoms with van der Waals surface area (Å²) in [4.78, 5) is 10.9. The lowest BCUT2D eigenvalue weighted by Crippen LogP contribution is -2.41. The minimum absolute atomic E-state index is 0.119. The van der Waals surface area contributed by atoms with Crippen molar-refractivity contribution in [2.24, 2.45) is 0 Å². The highest BCUT2D eigenvalue weighted by Gasteiger charge is 2.25. The van der Waals surface area contributed by atoms with Crippen LogP contribution in [0.1, 0.15) is 12.0 Å². The number of carbonyl (C=O) groups is 1. The zero-order valence-corrected chi connectivity index (χ0v) is 12.4. The van der Waals surface area contributed by atoms with Crippen LogP contribution < -0.4 is 4.72 Å². The Morgan fingerprint density at radius 2 is 2.25 bits per heavy atom. The number of carboxylic acids is 1. The molecular formula is C12H14N2O4S2. The van der Waals surface area contributed by atoms with Crippen molar-refractivity contribution in [2.45, 2.75) is 17.4 Å². The molecule has 2 N–H and O–H groups in total. The molecule has 0 saturated heterocycles. The van der Waals surface area contributed by atoms with Gasteiger partial charge in [-0.2, -0.15) is 21.7 Å². The van der Waals surface area contributed by atoms with Crippen LogP contribution in [-0.4, -0.2) is 37.5 Å². The number of benzene rings is 1. The summed E-state index contributed by atoms with van der Waals surface area (Å²) in [5.41, 5.74) is 0.198. The fourth-order valence-corrected chi connectivity index (χ4v) is 3.20. The first kappa shape index (κ1) is 16.5. The van der Waals surface area contributed by atoms with Gasteiger partial charge >= 0.3 is 5.97 Å². The van der Waals surface area contributed by atoms with E-state index in [2.05, 4.69) is 4.72 Å². The summed E-state index contributed by atoms with van der Waals surface area (Å²) in [6.45, 7) is 0. The van der Waals surface area contributed by atoms with Crippen molar-refractivity contribution in [1.82, 2.24) is 4.72 Å². The molecule has 0 aliphatic heterocycles. The van der Waals surface area contributed by atoms with E-state index in [1.165, 1.54) is 36.0 Å². The fourth-order valence-electron chi connectivity index (χ4n) is 1.46. The fraction of sp³-hybridized carbons (Fsp3) is 0.333. The summed E-state index contributed by atoms with van der Waals surface area (Å²) < 4.78 is 26.3. The van der Waals surface area contributed by atoms with Crippen molar-refractivity contribution in [3.63, 3.8) is 0 Å². The van der Waals surface area contributed by atoms with Gasteiger partial charge in [0.15, 0.2) is 0 Å². The van der Waals surface area contributed by atoms with Gasteiger partial charge in [-0.25, -0.2) is 8.42 Å². The number of nitriles is 1. The van der Waals surface area contributed by atoms with E-state index < -0.39 is 22.0 Å². The topological polar surface area (TPSA) is 107 Å². The first-order valence-corrected chi connectivity index (χ1v) is 8.52.